The molecule has 2 aromatic carbocycles. The van der Waals surface area contributed by atoms with Gasteiger partial charge in [-0.25, -0.2) is 13.2 Å². The smallest absolute Gasteiger partial charge is 0.416 e. The van der Waals surface area contributed by atoms with Gasteiger partial charge in [0.25, 0.3) is 18.2 Å². The molecule has 0 aliphatic heterocycles. The first-order chi connectivity index (χ1) is 18.2. The number of hydrogen-bond donors (Lipinski definition) is 2. The number of hydrogen-bond acceptors (Lipinski definition) is 4. The molecule has 0 saturated heterocycles. The lowest BCUT2D eigenvalue weighted by Gasteiger charge is -2.15. The van der Waals surface area contributed by atoms with Crippen molar-refractivity contribution in [2.75, 3.05) is 5.32 Å². The van der Waals surface area contributed by atoms with Gasteiger partial charge in [-0.15, -0.1) is 0 Å². The number of halogens is 6. The maximum Gasteiger partial charge on any atom is 0.416 e. The summed E-state index contributed by atoms with van der Waals surface area (Å²) in [5, 5.41) is 5.32. The Labute approximate surface area is 218 Å². The van der Waals surface area contributed by atoms with E-state index < -0.39 is 46.9 Å². The van der Waals surface area contributed by atoms with E-state index in [2.05, 4.69) is 15.6 Å². The number of nitrogens with zero attached hydrogens (tertiary/aromatic N) is 1. The van der Waals surface area contributed by atoms with E-state index in [1.165, 1.54) is 30.3 Å². The summed E-state index contributed by atoms with van der Waals surface area (Å²) in [4.78, 5) is 28.3. The van der Waals surface area contributed by atoms with Gasteiger partial charge in [-0.1, -0.05) is 12.1 Å². The Morgan fingerprint density at radius 1 is 0.974 bits per heavy atom. The Bertz CT molecular complexity index is 1520. The van der Waals surface area contributed by atoms with E-state index in [0.717, 1.165) is 38.2 Å². The summed E-state index contributed by atoms with van der Waals surface area (Å²) < 4.78 is 85.0. The highest BCUT2D eigenvalue weighted by atomic mass is 19.4. The second-order valence-corrected chi connectivity index (χ2v) is 9.12. The van der Waals surface area contributed by atoms with Crippen LogP contribution in [0.1, 0.15) is 47.5 Å². The summed E-state index contributed by atoms with van der Waals surface area (Å²) in [7, 11) is 0. The van der Waals surface area contributed by atoms with Crippen molar-refractivity contribution in [1.82, 2.24) is 10.3 Å². The highest BCUT2D eigenvalue weighted by Gasteiger charge is 2.30. The number of aromatic nitrogens is 1. The van der Waals surface area contributed by atoms with Crippen molar-refractivity contribution in [1.29, 1.82) is 0 Å². The van der Waals surface area contributed by atoms with Crippen LogP contribution in [-0.4, -0.2) is 22.5 Å². The van der Waals surface area contributed by atoms with Crippen LogP contribution < -0.4 is 10.6 Å². The lowest BCUT2D eigenvalue weighted by atomic mass is 10.1. The zero-order valence-electron chi connectivity index (χ0n) is 20.5. The largest absolute Gasteiger partial charge is 0.456 e. The van der Waals surface area contributed by atoms with Gasteiger partial charge in [-0.3, -0.25) is 14.6 Å². The first-order valence-electron chi connectivity index (χ1n) is 11.5. The van der Waals surface area contributed by atoms with E-state index in [1.807, 2.05) is 0 Å². The average Bonchev–Trinajstić information content (AvgIpc) is 3.29. The van der Waals surface area contributed by atoms with Crippen LogP contribution >= 0.6 is 0 Å². The second-order valence-electron chi connectivity index (χ2n) is 9.12. The number of alkyl halides is 6. The molecule has 2 amide bonds. The van der Waals surface area contributed by atoms with E-state index in [1.54, 1.807) is 6.07 Å². The summed E-state index contributed by atoms with van der Waals surface area (Å²) in [5.74, 6) is -1.53. The molecule has 0 fully saturated rings. The third-order valence-corrected chi connectivity index (χ3v) is 5.69. The van der Waals surface area contributed by atoms with Crippen molar-refractivity contribution >= 4 is 28.5 Å². The summed E-state index contributed by atoms with van der Waals surface area (Å²) in [6.07, 6.45) is -6.48. The molecule has 39 heavy (non-hydrogen) atoms. The highest BCUT2D eigenvalue weighted by molar-refractivity contribution is 6.06. The molecular weight excluding hydrogens is 528 g/mol. The van der Waals surface area contributed by atoms with Crippen molar-refractivity contribution in [3.63, 3.8) is 0 Å². The van der Waals surface area contributed by atoms with Gasteiger partial charge >= 0.3 is 6.18 Å². The molecule has 0 unspecified atom stereocenters. The molecule has 0 radical (unpaired) electrons. The number of carbonyl (C=O) groups is 2. The summed E-state index contributed by atoms with van der Waals surface area (Å²) in [5.41, 5.74) is -2.96. The summed E-state index contributed by atoms with van der Waals surface area (Å²) in [6, 6.07) is 11.6. The lowest BCUT2D eigenvalue weighted by Crippen LogP contribution is -2.38. The SMILES string of the molecule is CC(C)(F)C(=O)NCc1cnc(C(F)F)c(C(=O)Nc2ccc3oc(-c4ccc(C(F)(F)F)cc4)cc3c2)c1. The standard InChI is InChI=1S/C27H21F6N3O3/c1-26(2,30)25(38)35-13-14-9-19(22(23(28)29)34-12-14)24(37)36-18-7-8-20-16(10-18)11-21(39-20)15-3-5-17(6-4-15)27(31,32)33/h3-12,23H,13H2,1-2H3,(H,35,38)(H,36,37). The summed E-state index contributed by atoms with van der Waals surface area (Å²) >= 11 is 0. The zero-order valence-corrected chi connectivity index (χ0v) is 20.5. The van der Waals surface area contributed by atoms with Crippen molar-refractivity contribution in [2.24, 2.45) is 0 Å². The van der Waals surface area contributed by atoms with Gasteiger partial charge in [-0.2, -0.15) is 13.2 Å². The van der Waals surface area contributed by atoms with Gasteiger partial charge in [0, 0.05) is 29.4 Å². The number of benzene rings is 2. The molecule has 0 spiro atoms. The van der Waals surface area contributed by atoms with Gasteiger partial charge in [0.2, 0.25) is 0 Å². The molecule has 2 heterocycles. The molecule has 2 N–H and O–H groups in total. The topological polar surface area (TPSA) is 84.2 Å². The highest BCUT2D eigenvalue weighted by Crippen LogP contribution is 2.33. The minimum Gasteiger partial charge on any atom is -0.456 e. The summed E-state index contributed by atoms with van der Waals surface area (Å²) in [6.45, 7) is 1.88. The van der Waals surface area contributed by atoms with Crippen LogP contribution in [0.4, 0.5) is 32.0 Å². The monoisotopic (exact) mass is 549 g/mol. The minimum atomic E-state index is -4.47. The fraction of sp³-hybridized carbons (Fsp3) is 0.222. The number of amides is 2. The molecule has 12 heteroatoms. The molecule has 204 valence electrons. The van der Waals surface area contributed by atoms with Gasteiger partial charge in [0.05, 0.1) is 11.1 Å². The van der Waals surface area contributed by atoms with Gasteiger partial charge in [-0.05, 0) is 61.9 Å². The molecule has 0 bridgehead atoms. The predicted molar refractivity (Wildman–Crippen MR) is 131 cm³/mol. The molecule has 6 nitrogen and oxygen atoms in total. The second kappa shape index (κ2) is 10.4. The first-order valence-corrected chi connectivity index (χ1v) is 11.5. The Balaban J connectivity index is 1.55. The molecule has 4 aromatic rings. The van der Waals surface area contributed by atoms with Crippen LogP contribution in [0.5, 0.6) is 0 Å². The van der Waals surface area contributed by atoms with E-state index in [9.17, 15) is 35.9 Å². The number of anilines is 1. The molecule has 0 atom stereocenters. The normalized spacial score (nSPS) is 12.1. The Hall–Kier alpha value is -4.35. The molecule has 0 saturated carbocycles. The van der Waals surface area contributed by atoms with E-state index in [-0.39, 0.29) is 23.6 Å². The maximum absolute atomic E-state index is 13.7. The third-order valence-electron chi connectivity index (χ3n) is 5.69. The zero-order chi connectivity index (χ0) is 28.5. The molecule has 0 aliphatic carbocycles. The predicted octanol–water partition coefficient (Wildman–Crippen LogP) is 7.07. The van der Waals surface area contributed by atoms with Gasteiger partial charge < -0.3 is 15.1 Å². The first kappa shape index (κ1) is 27.7. The Kier molecular flexibility index (Phi) is 7.40. The number of nitrogens with one attached hydrogen (secondary N) is 2. The fourth-order valence-electron chi connectivity index (χ4n) is 3.65. The van der Waals surface area contributed by atoms with Crippen molar-refractivity contribution < 1.29 is 40.3 Å². The molecule has 0 aliphatic rings. The van der Waals surface area contributed by atoms with Crippen LogP contribution in [0.15, 0.2) is 65.2 Å². The third kappa shape index (κ3) is 6.39. The maximum atomic E-state index is 13.7. The van der Waals surface area contributed by atoms with Gasteiger partial charge in [0.15, 0.2) is 5.67 Å². The molecule has 4 rings (SSSR count). The van der Waals surface area contributed by atoms with Crippen molar-refractivity contribution in [3.05, 3.63) is 83.2 Å². The number of rotatable bonds is 7. The van der Waals surface area contributed by atoms with Crippen LogP contribution in [0.2, 0.25) is 0 Å². The van der Waals surface area contributed by atoms with E-state index in [0.29, 0.717) is 16.5 Å². The van der Waals surface area contributed by atoms with Crippen molar-refractivity contribution in [3.8, 4) is 11.3 Å². The van der Waals surface area contributed by atoms with Crippen LogP contribution in [0.3, 0.4) is 0 Å². The lowest BCUT2D eigenvalue weighted by molar-refractivity contribution is -0.137. The molecular formula is C27H21F6N3O3. The van der Waals surface area contributed by atoms with Crippen LogP contribution in [-0.2, 0) is 17.5 Å². The van der Waals surface area contributed by atoms with Crippen LogP contribution in [0, 0.1) is 0 Å². The Morgan fingerprint density at radius 2 is 1.67 bits per heavy atom. The quantitative estimate of drug-likeness (QED) is 0.242. The number of fused-ring (bicyclic) bond motifs is 1. The Morgan fingerprint density at radius 3 is 2.28 bits per heavy atom. The molecule has 2 aromatic heterocycles. The number of pyridine rings is 1. The van der Waals surface area contributed by atoms with Crippen LogP contribution in [0.25, 0.3) is 22.3 Å². The van der Waals surface area contributed by atoms with Crippen molar-refractivity contribution in [2.45, 2.75) is 38.7 Å². The van der Waals surface area contributed by atoms with Gasteiger partial charge in [0.1, 0.15) is 17.0 Å². The van der Waals surface area contributed by atoms with E-state index >= 15 is 0 Å². The minimum absolute atomic E-state index is 0.202. The number of furan rings is 1. The number of carbonyl (C=O) groups excluding carboxylic acids is 2. The average molecular weight is 549 g/mol. The van der Waals surface area contributed by atoms with E-state index in [4.69, 9.17) is 4.42 Å². The fourth-order valence-corrected chi connectivity index (χ4v) is 3.65.